The third-order valence-corrected chi connectivity index (χ3v) is 4.05. The van der Waals surface area contributed by atoms with E-state index in [0.29, 0.717) is 15.6 Å². The van der Waals surface area contributed by atoms with Crippen LogP contribution in [0.1, 0.15) is 28.3 Å². The van der Waals surface area contributed by atoms with E-state index in [0.717, 1.165) is 5.56 Å². The van der Waals surface area contributed by atoms with Crippen LogP contribution >= 0.6 is 23.2 Å². The minimum atomic E-state index is -0.910. The first kappa shape index (κ1) is 17.0. The number of nitrogens with zero attached hydrogens (tertiary/aromatic N) is 2. The van der Waals surface area contributed by atoms with E-state index in [4.69, 9.17) is 23.2 Å². The van der Waals surface area contributed by atoms with Crippen LogP contribution in [0.15, 0.2) is 48.5 Å². The topological polar surface area (TPSA) is 64.7 Å². The maximum absolute atomic E-state index is 12.5. The van der Waals surface area contributed by atoms with Gasteiger partial charge in [-0.1, -0.05) is 35.3 Å². The third-order valence-electron chi connectivity index (χ3n) is 3.55. The van der Waals surface area contributed by atoms with Crippen LogP contribution in [0.5, 0.6) is 0 Å². The standard InChI is InChI=1S/C18H12Cl2N2O/c19-15-5-1-12(2-6-15)17(14(10-21)11-22)9-18(23)13-3-7-16(20)8-4-13/h1-8,14,17H,9H2. The fourth-order valence-electron chi connectivity index (χ4n) is 2.30. The Hall–Kier alpha value is -2.33. The van der Waals surface area contributed by atoms with E-state index in [-0.39, 0.29) is 12.2 Å². The molecule has 114 valence electrons. The van der Waals surface area contributed by atoms with Crippen LogP contribution in [0.4, 0.5) is 0 Å². The molecule has 0 amide bonds. The number of rotatable bonds is 5. The molecule has 2 rings (SSSR count). The van der Waals surface area contributed by atoms with Gasteiger partial charge in [-0.15, -0.1) is 0 Å². The van der Waals surface area contributed by atoms with Gasteiger partial charge < -0.3 is 0 Å². The SMILES string of the molecule is N#CC(C#N)C(CC(=O)c1ccc(Cl)cc1)c1ccc(Cl)cc1. The zero-order valence-electron chi connectivity index (χ0n) is 12.0. The van der Waals surface area contributed by atoms with Crippen LogP contribution in [-0.4, -0.2) is 5.78 Å². The molecule has 0 heterocycles. The van der Waals surface area contributed by atoms with Gasteiger partial charge in [-0.3, -0.25) is 4.79 Å². The largest absolute Gasteiger partial charge is 0.294 e. The zero-order chi connectivity index (χ0) is 16.8. The molecule has 0 saturated carbocycles. The van der Waals surface area contributed by atoms with E-state index in [2.05, 4.69) is 0 Å². The summed E-state index contributed by atoms with van der Waals surface area (Å²) in [6, 6.07) is 17.3. The first-order valence-corrected chi connectivity index (χ1v) is 7.64. The fraction of sp³-hybridized carbons (Fsp3) is 0.167. The quantitative estimate of drug-likeness (QED) is 0.717. The Morgan fingerprint density at radius 2 is 1.39 bits per heavy atom. The van der Waals surface area contributed by atoms with Crippen molar-refractivity contribution < 1.29 is 4.79 Å². The number of ketones is 1. The minimum absolute atomic E-state index is 0.0645. The lowest BCUT2D eigenvalue weighted by Crippen LogP contribution is -2.15. The summed E-state index contributed by atoms with van der Waals surface area (Å²) in [7, 11) is 0. The van der Waals surface area contributed by atoms with E-state index in [1.807, 2.05) is 12.1 Å². The molecule has 23 heavy (non-hydrogen) atoms. The molecule has 0 fully saturated rings. The van der Waals surface area contributed by atoms with Crippen molar-refractivity contribution in [1.29, 1.82) is 10.5 Å². The number of benzene rings is 2. The van der Waals surface area contributed by atoms with Crippen LogP contribution in [0.2, 0.25) is 10.0 Å². The molecule has 0 aliphatic carbocycles. The Morgan fingerprint density at radius 3 is 1.87 bits per heavy atom. The highest BCUT2D eigenvalue weighted by molar-refractivity contribution is 6.30. The van der Waals surface area contributed by atoms with Crippen LogP contribution in [0.25, 0.3) is 0 Å². The van der Waals surface area contributed by atoms with Gasteiger partial charge in [-0.25, -0.2) is 0 Å². The molecule has 2 aromatic carbocycles. The van der Waals surface area contributed by atoms with Crippen molar-refractivity contribution in [2.24, 2.45) is 5.92 Å². The highest BCUT2D eigenvalue weighted by Crippen LogP contribution is 2.30. The third kappa shape index (κ3) is 4.33. The van der Waals surface area contributed by atoms with Crippen LogP contribution < -0.4 is 0 Å². The number of nitriles is 2. The van der Waals surface area contributed by atoms with Gasteiger partial charge in [0.1, 0.15) is 5.92 Å². The summed E-state index contributed by atoms with van der Waals surface area (Å²) < 4.78 is 0. The highest BCUT2D eigenvalue weighted by Gasteiger charge is 2.26. The summed E-state index contributed by atoms with van der Waals surface area (Å²) in [5.74, 6) is -1.56. The molecule has 3 nitrogen and oxygen atoms in total. The Labute approximate surface area is 144 Å². The lowest BCUT2D eigenvalue weighted by atomic mass is 9.83. The van der Waals surface area contributed by atoms with E-state index >= 15 is 0 Å². The molecular formula is C18H12Cl2N2O. The molecule has 0 spiro atoms. The highest BCUT2D eigenvalue weighted by atomic mass is 35.5. The van der Waals surface area contributed by atoms with Gasteiger partial charge in [0.2, 0.25) is 0 Å². The monoisotopic (exact) mass is 342 g/mol. The van der Waals surface area contributed by atoms with E-state index in [9.17, 15) is 15.3 Å². The fourth-order valence-corrected chi connectivity index (χ4v) is 2.55. The average Bonchev–Trinajstić information content (AvgIpc) is 2.56. The predicted octanol–water partition coefficient (Wildman–Crippen LogP) is 5.01. The summed E-state index contributed by atoms with van der Waals surface area (Å²) in [5, 5.41) is 19.5. The van der Waals surface area contributed by atoms with E-state index in [1.165, 1.54) is 0 Å². The number of hydrogen-bond donors (Lipinski definition) is 0. The number of Topliss-reactive ketones (excluding diaryl/α,β-unsaturated/α-hetero) is 1. The first-order chi connectivity index (χ1) is 11.0. The second-order valence-electron chi connectivity index (χ2n) is 5.03. The van der Waals surface area contributed by atoms with Crippen molar-refractivity contribution in [3.63, 3.8) is 0 Å². The van der Waals surface area contributed by atoms with Gasteiger partial charge in [-0.2, -0.15) is 10.5 Å². The molecule has 0 aliphatic heterocycles. The van der Waals surface area contributed by atoms with Crippen LogP contribution in [0, 0.1) is 28.6 Å². The normalized spacial score (nSPS) is 11.5. The van der Waals surface area contributed by atoms with Gasteiger partial charge in [-0.05, 0) is 42.0 Å². The van der Waals surface area contributed by atoms with E-state index in [1.54, 1.807) is 48.5 Å². The Bertz CT molecular complexity index is 757. The van der Waals surface area contributed by atoms with Crippen molar-refractivity contribution in [2.45, 2.75) is 12.3 Å². The molecule has 0 N–H and O–H groups in total. The predicted molar refractivity (Wildman–Crippen MR) is 89.3 cm³/mol. The maximum Gasteiger partial charge on any atom is 0.163 e. The maximum atomic E-state index is 12.5. The number of halogens is 2. The van der Waals surface area contributed by atoms with Gasteiger partial charge >= 0.3 is 0 Å². The van der Waals surface area contributed by atoms with E-state index < -0.39 is 11.8 Å². The number of carbonyl (C=O) groups excluding carboxylic acids is 1. The molecule has 1 unspecified atom stereocenters. The van der Waals surface area contributed by atoms with Crippen molar-refractivity contribution in [3.05, 3.63) is 69.7 Å². The first-order valence-electron chi connectivity index (χ1n) is 6.88. The molecule has 5 heteroatoms. The summed E-state index contributed by atoms with van der Waals surface area (Å²) in [5.41, 5.74) is 1.24. The number of hydrogen-bond acceptors (Lipinski definition) is 3. The minimum Gasteiger partial charge on any atom is -0.294 e. The van der Waals surface area contributed by atoms with Crippen LogP contribution in [-0.2, 0) is 0 Å². The molecule has 0 bridgehead atoms. The Kier molecular flexibility index (Phi) is 5.77. The lowest BCUT2D eigenvalue weighted by molar-refractivity contribution is 0.0971. The van der Waals surface area contributed by atoms with Crippen molar-refractivity contribution >= 4 is 29.0 Å². The number of carbonyl (C=O) groups is 1. The summed E-state index contributed by atoms with van der Waals surface area (Å²) in [6.45, 7) is 0. The molecule has 0 saturated heterocycles. The van der Waals surface area contributed by atoms with Gasteiger partial charge in [0.15, 0.2) is 5.78 Å². The molecule has 1 atom stereocenters. The lowest BCUT2D eigenvalue weighted by Gasteiger charge is -2.17. The smallest absolute Gasteiger partial charge is 0.163 e. The summed E-state index contributed by atoms with van der Waals surface area (Å²) in [4.78, 5) is 12.5. The average molecular weight is 343 g/mol. The molecule has 0 aromatic heterocycles. The Morgan fingerprint density at radius 1 is 0.913 bits per heavy atom. The van der Waals surface area contributed by atoms with Gasteiger partial charge in [0.25, 0.3) is 0 Å². The second kappa shape index (κ2) is 7.79. The summed E-state index contributed by atoms with van der Waals surface area (Å²) in [6.07, 6.45) is 0.0645. The van der Waals surface area contributed by atoms with Gasteiger partial charge in [0, 0.05) is 27.9 Å². The van der Waals surface area contributed by atoms with Crippen molar-refractivity contribution in [1.82, 2.24) is 0 Å². The second-order valence-corrected chi connectivity index (χ2v) is 5.90. The van der Waals surface area contributed by atoms with Crippen LogP contribution in [0.3, 0.4) is 0 Å². The molecular weight excluding hydrogens is 331 g/mol. The van der Waals surface area contributed by atoms with Gasteiger partial charge in [0.05, 0.1) is 12.1 Å². The summed E-state index contributed by atoms with van der Waals surface area (Å²) >= 11 is 11.7. The van der Waals surface area contributed by atoms with Crippen molar-refractivity contribution in [3.8, 4) is 12.1 Å². The molecule has 0 radical (unpaired) electrons. The van der Waals surface area contributed by atoms with Crippen molar-refractivity contribution in [2.75, 3.05) is 0 Å². The molecule has 0 aliphatic rings. The molecule has 2 aromatic rings. The Balaban J connectivity index is 2.29. The zero-order valence-corrected chi connectivity index (χ0v) is 13.6.